The molecule has 0 fully saturated rings. The minimum atomic E-state index is -1.12. The Kier molecular flexibility index (Phi) is 3.47. The molecule has 0 aliphatic carbocycles. The minimum Gasteiger partial charge on any atom is -0.479 e. The average molecular weight is 227 g/mol. The van der Waals surface area contributed by atoms with Crippen molar-refractivity contribution in [2.75, 3.05) is 6.61 Å². The molecule has 0 aliphatic heterocycles. The number of rotatable bonds is 3. The third-order valence-corrected chi connectivity index (χ3v) is 1.86. The maximum atomic E-state index is 10.2. The van der Waals surface area contributed by atoms with Gasteiger partial charge in [0.05, 0.1) is 11.3 Å². The quantitative estimate of drug-likeness (QED) is 0.842. The molecule has 78 valence electrons. The highest BCUT2D eigenvalue weighted by atomic mass is 35.5. The van der Waals surface area contributed by atoms with Crippen molar-refractivity contribution in [1.29, 1.82) is 5.26 Å². The Morgan fingerprint density at radius 1 is 1.80 bits per heavy atom. The highest BCUT2D eigenvalue weighted by molar-refractivity contribution is 6.31. The van der Waals surface area contributed by atoms with Crippen LogP contribution in [0, 0.1) is 18.3 Å². The third-order valence-electron chi connectivity index (χ3n) is 1.59. The standard InChI is InChI=1S/C9H7ClN2O3/c1-5-6(3-11)2-7(10)9(12-5)15-4-8(13)14/h2H,4H2,1H3,(H,13,14). The second-order valence-electron chi connectivity index (χ2n) is 2.70. The van der Waals surface area contributed by atoms with Gasteiger partial charge in [-0.2, -0.15) is 5.26 Å². The first-order valence-corrected chi connectivity index (χ1v) is 4.34. The van der Waals surface area contributed by atoms with Gasteiger partial charge in [-0.3, -0.25) is 0 Å². The van der Waals surface area contributed by atoms with Crippen molar-refractivity contribution in [2.24, 2.45) is 0 Å². The van der Waals surface area contributed by atoms with Crippen molar-refractivity contribution >= 4 is 17.6 Å². The molecular formula is C9H7ClN2O3. The number of aromatic nitrogens is 1. The molecule has 0 aliphatic rings. The predicted molar refractivity (Wildman–Crippen MR) is 51.8 cm³/mol. The van der Waals surface area contributed by atoms with Crippen molar-refractivity contribution < 1.29 is 14.6 Å². The fraction of sp³-hybridized carbons (Fsp3) is 0.222. The molecular weight excluding hydrogens is 220 g/mol. The van der Waals surface area contributed by atoms with E-state index in [9.17, 15) is 4.79 Å². The van der Waals surface area contributed by atoms with Gasteiger partial charge >= 0.3 is 5.97 Å². The second-order valence-corrected chi connectivity index (χ2v) is 3.11. The lowest BCUT2D eigenvalue weighted by Crippen LogP contribution is -2.11. The van der Waals surface area contributed by atoms with Crippen LogP contribution in [0.15, 0.2) is 6.07 Å². The van der Waals surface area contributed by atoms with Crippen LogP contribution in [-0.2, 0) is 4.79 Å². The monoisotopic (exact) mass is 226 g/mol. The molecule has 1 heterocycles. The van der Waals surface area contributed by atoms with E-state index in [1.54, 1.807) is 6.92 Å². The molecule has 0 atom stereocenters. The maximum absolute atomic E-state index is 10.2. The molecule has 0 radical (unpaired) electrons. The van der Waals surface area contributed by atoms with Crippen LogP contribution in [0.4, 0.5) is 0 Å². The first-order chi connectivity index (χ1) is 7.04. The van der Waals surface area contributed by atoms with Gasteiger partial charge in [-0.25, -0.2) is 9.78 Å². The topological polar surface area (TPSA) is 83.2 Å². The van der Waals surface area contributed by atoms with Crippen LogP contribution in [0.1, 0.15) is 11.3 Å². The Morgan fingerprint density at radius 3 is 3.00 bits per heavy atom. The van der Waals surface area contributed by atoms with Gasteiger partial charge in [0.2, 0.25) is 5.88 Å². The van der Waals surface area contributed by atoms with Crippen LogP contribution in [0.2, 0.25) is 5.02 Å². The maximum Gasteiger partial charge on any atom is 0.341 e. The van der Waals surface area contributed by atoms with Gasteiger partial charge in [-0.1, -0.05) is 11.6 Å². The number of halogens is 1. The molecule has 0 amide bonds. The van der Waals surface area contributed by atoms with Gasteiger partial charge < -0.3 is 9.84 Å². The Hall–Kier alpha value is -1.80. The first kappa shape index (κ1) is 11.3. The second kappa shape index (κ2) is 4.62. The van der Waals surface area contributed by atoms with Gasteiger partial charge in [0.15, 0.2) is 6.61 Å². The van der Waals surface area contributed by atoms with E-state index >= 15 is 0 Å². The molecule has 6 heteroatoms. The molecule has 1 rings (SSSR count). The van der Waals surface area contributed by atoms with Crippen molar-refractivity contribution in [1.82, 2.24) is 4.98 Å². The summed E-state index contributed by atoms with van der Waals surface area (Å²) >= 11 is 5.73. The number of carboxylic acids is 1. The molecule has 0 spiro atoms. The van der Waals surface area contributed by atoms with Crippen molar-refractivity contribution in [3.63, 3.8) is 0 Å². The Morgan fingerprint density at radius 2 is 2.47 bits per heavy atom. The largest absolute Gasteiger partial charge is 0.479 e. The molecule has 1 aromatic rings. The van der Waals surface area contributed by atoms with Crippen LogP contribution < -0.4 is 4.74 Å². The van der Waals surface area contributed by atoms with Crippen molar-refractivity contribution in [3.05, 3.63) is 22.3 Å². The highest BCUT2D eigenvalue weighted by Gasteiger charge is 2.09. The lowest BCUT2D eigenvalue weighted by atomic mass is 10.2. The molecule has 0 bridgehead atoms. The first-order valence-electron chi connectivity index (χ1n) is 3.96. The van der Waals surface area contributed by atoms with Gasteiger partial charge in [-0.05, 0) is 13.0 Å². The third kappa shape index (κ3) is 2.82. The molecule has 5 nitrogen and oxygen atoms in total. The summed E-state index contributed by atoms with van der Waals surface area (Å²) in [5.41, 5.74) is 0.782. The summed E-state index contributed by atoms with van der Waals surface area (Å²) in [6.45, 7) is 1.10. The zero-order chi connectivity index (χ0) is 11.4. The number of ether oxygens (including phenoxy) is 1. The van der Waals surface area contributed by atoms with E-state index in [4.69, 9.17) is 26.7 Å². The summed E-state index contributed by atoms with van der Waals surface area (Å²) in [6.07, 6.45) is 0. The van der Waals surface area contributed by atoms with Crippen LogP contribution >= 0.6 is 11.6 Å². The molecule has 1 aromatic heterocycles. The van der Waals surface area contributed by atoms with E-state index in [2.05, 4.69) is 4.98 Å². The molecule has 0 unspecified atom stereocenters. The van der Waals surface area contributed by atoms with Crippen LogP contribution in [0.5, 0.6) is 5.88 Å². The van der Waals surface area contributed by atoms with Gasteiger partial charge in [-0.15, -0.1) is 0 Å². The Labute approximate surface area is 90.9 Å². The number of aryl methyl sites for hydroxylation is 1. The predicted octanol–water partition coefficient (Wildman–Crippen LogP) is 1.38. The van der Waals surface area contributed by atoms with Crippen molar-refractivity contribution in [2.45, 2.75) is 6.92 Å². The smallest absolute Gasteiger partial charge is 0.341 e. The summed E-state index contributed by atoms with van der Waals surface area (Å²) in [5.74, 6) is -1.09. The number of pyridine rings is 1. The minimum absolute atomic E-state index is 0.0237. The number of carboxylic acid groups (broad SMARTS) is 1. The van der Waals surface area contributed by atoms with E-state index in [1.807, 2.05) is 6.07 Å². The molecule has 1 N–H and O–H groups in total. The van der Waals surface area contributed by atoms with Gasteiger partial charge in [0.25, 0.3) is 0 Å². The fourth-order valence-electron chi connectivity index (χ4n) is 0.903. The summed E-state index contributed by atoms with van der Waals surface area (Å²) in [5, 5.41) is 17.2. The SMILES string of the molecule is Cc1nc(OCC(=O)O)c(Cl)cc1C#N. The fourth-order valence-corrected chi connectivity index (χ4v) is 1.11. The van der Waals surface area contributed by atoms with Crippen LogP contribution in [0.3, 0.4) is 0 Å². The molecule has 0 aromatic carbocycles. The van der Waals surface area contributed by atoms with Crippen molar-refractivity contribution in [3.8, 4) is 11.9 Å². The number of nitrogens with zero attached hydrogens (tertiary/aromatic N) is 2. The molecule has 15 heavy (non-hydrogen) atoms. The van der Waals surface area contributed by atoms with Gasteiger partial charge in [0, 0.05) is 0 Å². The Balaban J connectivity index is 2.96. The van der Waals surface area contributed by atoms with E-state index in [-0.39, 0.29) is 10.9 Å². The van der Waals surface area contributed by atoms with E-state index in [0.717, 1.165) is 0 Å². The molecule has 0 saturated heterocycles. The summed E-state index contributed by atoms with van der Waals surface area (Å²) in [7, 11) is 0. The van der Waals surface area contributed by atoms with Gasteiger partial charge in [0.1, 0.15) is 11.1 Å². The zero-order valence-electron chi connectivity index (χ0n) is 7.82. The highest BCUT2D eigenvalue weighted by Crippen LogP contribution is 2.24. The molecule has 0 saturated carbocycles. The summed E-state index contributed by atoms with van der Waals surface area (Å²) in [6, 6.07) is 3.30. The summed E-state index contributed by atoms with van der Waals surface area (Å²) in [4.78, 5) is 14.1. The van der Waals surface area contributed by atoms with Crippen LogP contribution in [0.25, 0.3) is 0 Å². The van der Waals surface area contributed by atoms with E-state index in [0.29, 0.717) is 11.3 Å². The Bertz CT molecular complexity index is 440. The van der Waals surface area contributed by atoms with E-state index in [1.165, 1.54) is 6.07 Å². The van der Waals surface area contributed by atoms with E-state index < -0.39 is 12.6 Å². The van der Waals surface area contributed by atoms with Crippen LogP contribution in [-0.4, -0.2) is 22.7 Å². The number of hydrogen-bond acceptors (Lipinski definition) is 4. The lowest BCUT2D eigenvalue weighted by Gasteiger charge is -2.06. The summed E-state index contributed by atoms with van der Waals surface area (Å²) < 4.78 is 4.83. The average Bonchev–Trinajstić information content (AvgIpc) is 2.18. The number of nitriles is 1. The lowest BCUT2D eigenvalue weighted by molar-refractivity contribution is -0.139. The normalized spacial score (nSPS) is 9.40. The zero-order valence-corrected chi connectivity index (χ0v) is 8.58. The number of hydrogen-bond donors (Lipinski definition) is 1. The number of carbonyl (C=O) groups is 1. The number of aliphatic carboxylic acids is 1.